The maximum Gasteiger partial charge on any atom is 0.328 e. The van der Waals surface area contributed by atoms with Crippen LogP contribution in [0, 0.1) is 5.82 Å². The van der Waals surface area contributed by atoms with Crippen LogP contribution in [0.1, 0.15) is 11.1 Å². The minimum Gasteiger partial charge on any atom is -0.478 e. The van der Waals surface area contributed by atoms with Crippen LogP contribution >= 0.6 is 15.9 Å². The van der Waals surface area contributed by atoms with Gasteiger partial charge in [0.25, 0.3) is 0 Å². The Morgan fingerprint density at radius 3 is 2.88 bits per heavy atom. The molecule has 0 aromatic heterocycles. The van der Waals surface area contributed by atoms with Crippen molar-refractivity contribution in [1.29, 1.82) is 0 Å². The Morgan fingerprint density at radius 2 is 2.25 bits per heavy atom. The van der Waals surface area contributed by atoms with E-state index in [-0.39, 0.29) is 5.57 Å². The topological polar surface area (TPSA) is 57.5 Å². The second kappa shape index (κ2) is 3.99. The molecule has 0 heterocycles. The maximum atomic E-state index is 13.2. The average Bonchev–Trinajstić information content (AvgIpc) is 2.45. The van der Waals surface area contributed by atoms with Gasteiger partial charge in [0.1, 0.15) is 5.82 Å². The number of fused-ring (bicyclic) bond motifs is 1. The summed E-state index contributed by atoms with van der Waals surface area (Å²) in [6.07, 6.45) is 0.335. The highest BCUT2D eigenvalue weighted by Gasteiger charge is 2.28. The number of carbonyl (C=O) groups is 1. The van der Waals surface area contributed by atoms with Gasteiger partial charge in [0.05, 0.1) is 6.10 Å². The van der Waals surface area contributed by atoms with E-state index in [1.165, 1.54) is 12.1 Å². The van der Waals surface area contributed by atoms with Gasteiger partial charge in [0.15, 0.2) is 0 Å². The van der Waals surface area contributed by atoms with Crippen molar-refractivity contribution in [2.75, 3.05) is 0 Å². The lowest BCUT2D eigenvalue weighted by molar-refractivity contribution is -0.131. The van der Waals surface area contributed by atoms with E-state index in [0.29, 0.717) is 16.5 Å². The number of hydrogen-bond acceptors (Lipinski definition) is 2. The van der Waals surface area contributed by atoms with E-state index in [4.69, 9.17) is 5.11 Å². The minimum atomic E-state index is -1.15. The Morgan fingerprint density at radius 1 is 1.56 bits per heavy atom. The molecule has 0 saturated carbocycles. The SMILES string of the molecule is O=C(O)C=C1c2cc(F)cc(Br)c2CC1O. The molecule has 16 heavy (non-hydrogen) atoms. The number of aliphatic hydroxyl groups excluding tert-OH is 1. The first kappa shape index (κ1) is 11.3. The van der Waals surface area contributed by atoms with Crippen molar-refractivity contribution in [3.8, 4) is 0 Å². The highest BCUT2D eigenvalue weighted by atomic mass is 79.9. The van der Waals surface area contributed by atoms with Gasteiger partial charge in [-0.2, -0.15) is 0 Å². The molecule has 0 spiro atoms. The molecule has 0 bridgehead atoms. The molecule has 1 aliphatic rings. The maximum absolute atomic E-state index is 13.2. The first-order chi connectivity index (χ1) is 7.49. The third-order valence-electron chi connectivity index (χ3n) is 2.51. The van der Waals surface area contributed by atoms with Crippen LogP contribution in [0.4, 0.5) is 4.39 Å². The van der Waals surface area contributed by atoms with Gasteiger partial charge in [0.2, 0.25) is 0 Å². The Hall–Kier alpha value is -1.20. The number of hydrogen-bond donors (Lipinski definition) is 2. The van der Waals surface area contributed by atoms with Crippen molar-refractivity contribution < 1.29 is 19.4 Å². The predicted molar refractivity (Wildman–Crippen MR) is 59.4 cm³/mol. The molecule has 0 radical (unpaired) electrons. The number of aliphatic carboxylic acids is 1. The van der Waals surface area contributed by atoms with Gasteiger partial charge in [-0.15, -0.1) is 0 Å². The van der Waals surface area contributed by atoms with Crippen molar-refractivity contribution in [3.05, 3.63) is 39.6 Å². The number of benzene rings is 1. The fourth-order valence-corrected chi connectivity index (χ4v) is 2.45. The van der Waals surface area contributed by atoms with Crippen LogP contribution in [-0.2, 0) is 11.2 Å². The van der Waals surface area contributed by atoms with Crippen LogP contribution in [-0.4, -0.2) is 22.3 Å². The third kappa shape index (κ3) is 1.88. The Kier molecular flexibility index (Phi) is 2.82. The quantitative estimate of drug-likeness (QED) is 0.776. The van der Waals surface area contributed by atoms with Gasteiger partial charge < -0.3 is 10.2 Å². The minimum absolute atomic E-state index is 0.253. The van der Waals surface area contributed by atoms with Gasteiger partial charge >= 0.3 is 5.97 Å². The summed E-state index contributed by atoms with van der Waals surface area (Å²) in [5.74, 6) is -1.61. The van der Waals surface area contributed by atoms with E-state index in [2.05, 4.69) is 15.9 Å². The number of carboxylic acid groups (broad SMARTS) is 1. The molecule has 2 N–H and O–H groups in total. The molecule has 0 amide bonds. The summed E-state index contributed by atoms with van der Waals surface area (Å²) in [5.41, 5.74) is 1.45. The number of rotatable bonds is 1. The first-order valence-corrected chi connectivity index (χ1v) is 5.39. The highest BCUT2D eigenvalue weighted by Crippen LogP contribution is 2.37. The summed E-state index contributed by atoms with van der Waals surface area (Å²) in [6, 6.07) is 2.54. The van der Waals surface area contributed by atoms with E-state index in [9.17, 15) is 14.3 Å². The lowest BCUT2D eigenvalue weighted by atomic mass is 10.1. The van der Waals surface area contributed by atoms with Crippen molar-refractivity contribution in [2.45, 2.75) is 12.5 Å². The number of halogens is 2. The molecular weight excluding hydrogens is 279 g/mol. The van der Waals surface area contributed by atoms with Crippen LogP contribution < -0.4 is 0 Å². The predicted octanol–water partition coefficient (Wildman–Crippen LogP) is 1.97. The highest BCUT2D eigenvalue weighted by molar-refractivity contribution is 9.10. The van der Waals surface area contributed by atoms with Crippen molar-refractivity contribution in [1.82, 2.24) is 0 Å². The second-order valence-corrected chi connectivity index (χ2v) is 4.43. The normalized spacial score (nSPS) is 21.2. The summed E-state index contributed by atoms with van der Waals surface area (Å²) >= 11 is 3.19. The number of aliphatic hydroxyl groups is 1. The largest absolute Gasteiger partial charge is 0.478 e. The van der Waals surface area contributed by atoms with E-state index < -0.39 is 17.9 Å². The van der Waals surface area contributed by atoms with E-state index in [0.717, 1.165) is 11.6 Å². The van der Waals surface area contributed by atoms with Gasteiger partial charge in [-0.05, 0) is 28.8 Å². The van der Waals surface area contributed by atoms with E-state index in [1.54, 1.807) is 0 Å². The lowest BCUT2D eigenvalue weighted by Gasteiger charge is -2.03. The molecule has 1 aromatic rings. The summed E-state index contributed by atoms with van der Waals surface area (Å²) in [6.45, 7) is 0. The summed E-state index contributed by atoms with van der Waals surface area (Å²) in [7, 11) is 0. The molecule has 2 rings (SSSR count). The van der Waals surface area contributed by atoms with Gasteiger partial charge in [-0.3, -0.25) is 0 Å². The number of carboxylic acids is 1. The molecule has 1 aliphatic carbocycles. The van der Waals surface area contributed by atoms with Crippen LogP contribution in [0.25, 0.3) is 5.57 Å². The second-order valence-electron chi connectivity index (χ2n) is 3.57. The fourth-order valence-electron chi connectivity index (χ4n) is 1.86. The molecule has 1 atom stereocenters. The Bertz CT molecular complexity index is 496. The smallest absolute Gasteiger partial charge is 0.328 e. The van der Waals surface area contributed by atoms with Crippen LogP contribution in [0.5, 0.6) is 0 Å². The molecule has 1 unspecified atom stereocenters. The zero-order valence-electron chi connectivity index (χ0n) is 8.08. The van der Waals surface area contributed by atoms with E-state index >= 15 is 0 Å². The monoisotopic (exact) mass is 286 g/mol. The van der Waals surface area contributed by atoms with Crippen LogP contribution in [0.2, 0.25) is 0 Å². The first-order valence-electron chi connectivity index (χ1n) is 4.60. The van der Waals surface area contributed by atoms with Crippen LogP contribution in [0.3, 0.4) is 0 Å². The summed E-state index contributed by atoms with van der Waals surface area (Å²) in [5, 5.41) is 18.4. The van der Waals surface area contributed by atoms with Crippen molar-refractivity contribution >= 4 is 27.5 Å². The molecule has 1 aromatic carbocycles. The molecule has 0 saturated heterocycles. The van der Waals surface area contributed by atoms with Crippen LogP contribution in [0.15, 0.2) is 22.7 Å². The summed E-state index contributed by atoms with van der Waals surface area (Å²) in [4.78, 5) is 10.6. The zero-order chi connectivity index (χ0) is 11.9. The Balaban J connectivity index is 2.61. The Labute approximate surface area is 99.3 Å². The van der Waals surface area contributed by atoms with Crippen molar-refractivity contribution in [3.63, 3.8) is 0 Å². The molecule has 5 heteroatoms. The standard InChI is InChI=1S/C11H8BrFO3/c12-9-2-5(13)1-6-7(9)3-10(14)8(6)4-11(15)16/h1-2,4,10,14H,3H2,(H,15,16). The lowest BCUT2D eigenvalue weighted by Crippen LogP contribution is -2.05. The summed E-state index contributed by atoms with van der Waals surface area (Å²) < 4.78 is 13.7. The third-order valence-corrected chi connectivity index (χ3v) is 3.21. The van der Waals surface area contributed by atoms with Gasteiger partial charge in [0, 0.05) is 17.0 Å². The molecular formula is C11H8BrFO3. The molecule has 0 fully saturated rings. The zero-order valence-corrected chi connectivity index (χ0v) is 9.66. The van der Waals surface area contributed by atoms with Gasteiger partial charge in [-0.25, -0.2) is 9.18 Å². The van der Waals surface area contributed by atoms with E-state index in [1.807, 2.05) is 0 Å². The van der Waals surface area contributed by atoms with Crippen molar-refractivity contribution in [2.24, 2.45) is 0 Å². The molecule has 0 aliphatic heterocycles. The average molecular weight is 287 g/mol. The fraction of sp³-hybridized carbons (Fsp3) is 0.182. The molecule has 3 nitrogen and oxygen atoms in total. The molecule has 84 valence electrons. The van der Waals surface area contributed by atoms with Gasteiger partial charge in [-0.1, -0.05) is 15.9 Å².